The Kier molecular flexibility index (Phi) is 6.10. The number of pyridine rings is 1. The fourth-order valence-electron chi connectivity index (χ4n) is 4.38. The van der Waals surface area contributed by atoms with Crippen LogP contribution in [-0.2, 0) is 0 Å². The molecule has 2 aromatic heterocycles. The molecule has 0 unspecified atom stereocenters. The van der Waals surface area contributed by atoms with Crippen molar-refractivity contribution in [2.45, 2.75) is 6.04 Å². The first kappa shape index (κ1) is 20.6. The molecule has 1 aliphatic heterocycles. The number of benzene rings is 2. The van der Waals surface area contributed by atoms with Crippen LogP contribution in [0.5, 0.6) is 0 Å². The molecule has 1 saturated heterocycles. The summed E-state index contributed by atoms with van der Waals surface area (Å²) >= 11 is 1.66. The summed E-state index contributed by atoms with van der Waals surface area (Å²) in [5.74, 6) is 0.0616. The maximum absolute atomic E-state index is 13.2. The molecule has 1 aliphatic rings. The van der Waals surface area contributed by atoms with E-state index in [1.54, 1.807) is 17.5 Å². The first-order chi connectivity index (χ1) is 15.8. The Hall–Kier alpha value is -3.28. The number of thiophene rings is 1. The van der Waals surface area contributed by atoms with Gasteiger partial charge in [-0.1, -0.05) is 66.7 Å². The van der Waals surface area contributed by atoms with Crippen LogP contribution in [0.15, 0.2) is 96.6 Å². The van der Waals surface area contributed by atoms with Gasteiger partial charge in [0, 0.05) is 49.0 Å². The quantitative estimate of drug-likeness (QED) is 0.420. The third-order valence-electron chi connectivity index (χ3n) is 5.99. The fraction of sp³-hybridized carbons (Fsp3) is 0.185. The van der Waals surface area contributed by atoms with E-state index in [2.05, 4.69) is 76.6 Å². The van der Waals surface area contributed by atoms with Gasteiger partial charge in [-0.2, -0.15) is 0 Å². The number of hydrogen-bond acceptors (Lipinski definition) is 4. The molecule has 0 bridgehead atoms. The highest BCUT2D eigenvalue weighted by atomic mass is 32.1. The van der Waals surface area contributed by atoms with Gasteiger partial charge in [-0.15, -0.1) is 11.3 Å². The second-order valence-electron chi connectivity index (χ2n) is 7.99. The second kappa shape index (κ2) is 9.47. The van der Waals surface area contributed by atoms with Crippen molar-refractivity contribution in [3.63, 3.8) is 0 Å². The summed E-state index contributed by atoms with van der Waals surface area (Å²) in [4.78, 5) is 23.1. The van der Waals surface area contributed by atoms with Crippen LogP contribution in [0.3, 0.4) is 0 Å². The van der Waals surface area contributed by atoms with E-state index in [9.17, 15) is 4.79 Å². The molecule has 1 fully saturated rings. The molecule has 3 heterocycles. The van der Waals surface area contributed by atoms with E-state index in [1.807, 2.05) is 28.6 Å². The van der Waals surface area contributed by atoms with Crippen LogP contribution in [0.2, 0.25) is 0 Å². The molecule has 0 spiro atoms. The molecule has 160 valence electrons. The van der Waals surface area contributed by atoms with Gasteiger partial charge in [-0.05, 0) is 28.6 Å². The highest BCUT2D eigenvalue weighted by molar-refractivity contribution is 7.13. The zero-order valence-electron chi connectivity index (χ0n) is 17.8. The SMILES string of the molecule is O=C(c1cncc(-c2cccs2)c1)N1CCN(C(c2ccccc2)c2ccccc2)CC1. The molecular weight excluding hydrogens is 414 g/mol. The highest BCUT2D eigenvalue weighted by Crippen LogP contribution is 2.30. The molecule has 0 aliphatic carbocycles. The number of aromatic nitrogens is 1. The largest absolute Gasteiger partial charge is 0.336 e. The van der Waals surface area contributed by atoms with Gasteiger partial charge in [-0.3, -0.25) is 14.7 Å². The van der Waals surface area contributed by atoms with Gasteiger partial charge >= 0.3 is 0 Å². The van der Waals surface area contributed by atoms with Crippen molar-refractivity contribution in [2.75, 3.05) is 26.2 Å². The number of rotatable bonds is 5. The van der Waals surface area contributed by atoms with E-state index in [1.165, 1.54) is 11.1 Å². The van der Waals surface area contributed by atoms with Gasteiger partial charge in [0.25, 0.3) is 5.91 Å². The third kappa shape index (κ3) is 4.35. The van der Waals surface area contributed by atoms with Crippen LogP contribution in [-0.4, -0.2) is 46.9 Å². The molecule has 0 N–H and O–H groups in total. The minimum absolute atomic E-state index is 0.0616. The van der Waals surface area contributed by atoms with E-state index >= 15 is 0 Å². The molecule has 0 atom stereocenters. The predicted octanol–water partition coefficient (Wildman–Crippen LogP) is 5.36. The molecule has 4 aromatic rings. The zero-order valence-corrected chi connectivity index (χ0v) is 18.6. The van der Waals surface area contributed by atoms with E-state index in [4.69, 9.17) is 0 Å². The van der Waals surface area contributed by atoms with E-state index in [-0.39, 0.29) is 11.9 Å². The lowest BCUT2D eigenvalue weighted by Gasteiger charge is -2.39. The topological polar surface area (TPSA) is 36.4 Å². The molecular formula is C27H25N3OS. The molecule has 4 nitrogen and oxygen atoms in total. The minimum atomic E-state index is 0.0616. The summed E-state index contributed by atoms with van der Waals surface area (Å²) in [6.07, 6.45) is 3.51. The first-order valence-electron chi connectivity index (χ1n) is 10.9. The van der Waals surface area contributed by atoms with Crippen LogP contribution in [0, 0.1) is 0 Å². The van der Waals surface area contributed by atoms with Crippen molar-refractivity contribution in [2.24, 2.45) is 0 Å². The van der Waals surface area contributed by atoms with E-state index < -0.39 is 0 Å². The van der Waals surface area contributed by atoms with Crippen LogP contribution in [0.4, 0.5) is 0 Å². The molecule has 32 heavy (non-hydrogen) atoms. The monoisotopic (exact) mass is 439 g/mol. The van der Waals surface area contributed by atoms with Crippen LogP contribution in [0.1, 0.15) is 27.5 Å². The summed E-state index contributed by atoms with van der Waals surface area (Å²) < 4.78 is 0. The van der Waals surface area contributed by atoms with Crippen LogP contribution < -0.4 is 0 Å². The molecule has 2 aromatic carbocycles. The maximum atomic E-state index is 13.2. The van der Waals surface area contributed by atoms with Gasteiger partial charge in [0.1, 0.15) is 0 Å². The Morgan fingerprint density at radius 2 is 1.47 bits per heavy atom. The van der Waals surface area contributed by atoms with E-state index in [0.29, 0.717) is 18.7 Å². The van der Waals surface area contributed by atoms with Gasteiger partial charge in [0.05, 0.1) is 11.6 Å². The van der Waals surface area contributed by atoms with Gasteiger partial charge in [0.2, 0.25) is 0 Å². The number of carbonyl (C=O) groups excluding carboxylic acids is 1. The number of nitrogens with zero attached hydrogens (tertiary/aromatic N) is 3. The van der Waals surface area contributed by atoms with E-state index in [0.717, 1.165) is 23.5 Å². The maximum Gasteiger partial charge on any atom is 0.255 e. The third-order valence-corrected chi connectivity index (χ3v) is 6.91. The first-order valence-corrected chi connectivity index (χ1v) is 11.8. The summed E-state index contributed by atoms with van der Waals surface area (Å²) in [5.41, 5.74) is 4.22. The zero-order chi connectivity index (χ0) is 21.8. The average molecular weight is 440 g/mol. The smallest absolute Gasteiger partial charge is 0.255 e. The lowest BCUT2D eigenvalue weighted by Crippen LogP contribution is -2.49. The lowest BCUT2D eigenvalue weighted by atomic mass is 9.96. The van der Waals surface area contributed by atoms with Crippen molar-refractivity contribution in [1.82, 2.24) is 14.8 Å². The van der Waals surface area contributed by atoms with Crippen molar-refractivity contribution < 1.29 is 4.79 Å². The summed E-state index contributed by atoms with van der Waals surface area (Å²) in [6, 6.07) is 27.5. The molecule has 0 radical (unpaired) electrons. The van der Waals surface area contributed by atoms with Crippen molar-refractivity contribution in [3.8, 4) is 10.4 Å². The number of amides is 1. The Morgan fingerprint density at radius 1 is 0.812 bits per heavy atom. The molecule has 5 heteroatoms. The molecule has 0 saturated carbocycles. The lowest BCUT2D eigenvalue weighted by molar-refractivity contribution is 0.0597. The number of hydrogen-bond donors (Lipinski definition) is 0. The highest BCUT2D eigenvalue weighted by Gasteiger charge is 2.28. The van der Waals surface area contributed by atoms with Crippen LogP contribution >= 0.6 is 11.3 Å². The Balaban J connectivity index is 1.32. The summed E-state index contributed by atoms with van der Waals surface area (Å²) in [5, 5.41) is 2.04. The van der Waals surface area contributed by atoms with Gasteiger partial charge < -0.3 is 4.90 Å². The standard InChI is InChI=1S/C27H25N3OS/c31-27(24-18-23(19-28-20-24)25-12-7-17-32-25)30-15-13-29(14-16-30)26(21-8-3-1-4-9-21)22-10-5-2-6-11-22/h1-12,17-20,26H,13-16H2. The second-order valence-corrected chi connectivity index (χ2v) is 8.94. The Morgan fingerprint density at radius 3 is 2.06 bits per heavy atom. The van der Waals surface area contributed by atoms with Gasteiger partial charge in [0.15, 0.2) is 0 Å². The Labute approximate surface area is 192 Å². The van der Waals surface area contributed by atoms with Crippen LogP contribution in [0.25, 0.3) is 10.4 Å². The fourth-order valence-corrected chi connectivity index (χ4v) is 5.09. The number of carbonyl (C=O) groups is 1. The minimum Gasteiger partial charge on any atom is -0.336 e. The summed E-state index contributed by atoms with van der Waals surface area (Å²) in [6.45, 7) is 3.08. The summed E-state index contributed by atoms with van der Waals surface area (Å²) in [7, 11) is 0. The molecule has 1 amide bonds. The van der Waals surface area contributed by atoms with Crippen molar-refractivity contribution >= 4 is 17.2 Å². The van der Waals surface area contributed by atoms with Gasteiger partial charge in [-0.25, -0.2) is 0 Å². The molecule has 5 rings (SSSR count). The predicted molar refractivity (Wildman–Crippen MR) is 130 cm³/mol. The normalized spacial score (nSPS) is 14.6. The average Bonchev–Trinajstić information content (AvgIpc) is 3.41. The Bertz CT molecular complexity index is 1110. The van der Waals surface area contributed by atoms with Crippen molar-refractivity contribution in [3.05, 3.63) is 113 Å². The number of piperazine rings is 1. The van der Waals surface area contributed by atoms with Crippen molar-refractivity contribution in [1.29, 1.82) is 0 Å².